The first-order chi connectivity index (χ1) is 6.79. The summed E-state index contributed by atoms with van der Waals surface area (Å²) in [6.07, 6.45) is -1.14. The number of carbonyl (C=O) groups is 1. The van der Waals surface area contributed by atoms with Gasteiger partial charge >= 0.3 is 5.97 Å². The molecule has 1 saturated heterocycles. The van der Waals surface area contributed by atoms with Crippen LogP contribution in [0.5, 0.6) is 0 Å². The minimum atomic E-state index is -1.26. The first kappa shape index (κ1) is 12.4. The molecule has 5 nitrogen and oxygen atoms in total. The zero-order valence-corrected chi connectivity index (χ0v) is 9.43. The predicted octanol–water partition coefficient (Wildman–Crippen LogP) is -0.287. The maximum absolute atomic E-state index is 11.5. The molecule has 1 aliphatic rings. The fraction of sp³-hybridized carbons (Fsp3) is 0.900. The highest BCUT2D eigenvalue weighted by molar-refractivity contribution is 5.74. The van der Waals surface area contributed by atoms with Crippen LogP contribution in [-0.4, -0.2) is 52.1 Å². The van der Waals surface area contributed by atoms with E-state index >= 15 is 0 Å². The molecule has 0 spiro atoms. The van der Waals surface area contributed by atoms with Gasteiger partial charge in [0.25, 0.3) is 0 Å². The number of likely N-dealkylation sites (tertiary alicyclic amines) is 1. The van der Waals surface area contributed by atoms with Crippen molar-refractivity contribution >= 4 is 5.97 Å². The molecule has 5 heteroatoms. The molecule has 0 amide bonds. The van der Waals surface area contributed by atoms with Gasteiger partial charge in [-0.05, 0) is 27.2 Å². The Labute approximate surface area is 89.6 Å². The lowest BCUT2D eigenvalue weighted by molar-refractivity contribution is -0.175. The normalized spacial score (nSPS) is 25.3. The zero-order chi connectivity index (χ0) is 11.6. The number of hydrogen-bond donors (Lipinski definition) is 2. The lowest BCUT2D eigenvalue weighted by atomic mass is 10.2. The number of carbonyl (C=O) groups excluding carboxylic acids is 1. The number of aliphatic hydroxyl groups excluding tert-OH is 2. The Morgan fingerprint density at radius 1 is 1.53 bits per heavy atom. The summed E-state index contributed by atoms with van der Waals surface area (Å²) >= 11 is 0. The third-order valence-corrected chi connectivity index (χ3v) is 2.16. The van der Waals surface area contributed by atoms with Gasteiger partial charge in [0.1, 0.15) is 5.60 Å². The van der Waals surface area contributed by atoms with Gasteiger partial charge in [-0.25, -0.2) is 4.79 Å². The Hall–Kier alpha value is -0.650. The molecule has 1 rings (SSSR count). The number of esters is 1. The molecule has 0 radical (unpaired) electrons. The van der Waals surface area contributed by atoms with Crippen molar-refractivity contribution in [2.75, 3.05) is 13.1 Å². The highest BCUT2D eigenvalue weighted by Gasteiger charge is 2.32. The number of hydrogen-bond acceptors (Lipinski definition) is 5. The SMILES string of the molecule is CC(C)(C)OC(=O)[C@H](O)N1CCC(O)C1. The van der Waals surface area contributed by atoms with Crippen molar-refractivity contribution in [1.29, 1.82) is 0 Å². The molecular weight excluding hydrogens is 198 g/mol. The van der Waals surface area contributed by atoms with Gasteiger partial charge in [0.2, 0.25) is 6.23 Å². The Kier molecular flexibility index (Phi) is 3.70. The summed E-state index contributed by atoms with van der Waals surface area (Å²) < 4.78 is 5.03. The van der Waals surface area contributed by atoms with Crippen molar-refractivity contribution in [2.45, 2.75) is 45.1 Å². The molecule has 1 heterocycles. The van der Waals surface area contributed by atoms with Crippen LogP contribution >= 0.6 is 0 Å². The number of nitrogens with zero attached hydrogens (tertiary/aromatic N) is 1. The predicted molar refractivity (Wildman–Crippen MR) is 54.0 cm³/mol. The van der Waals surface area contributed by atoms with E-state index in [4.69, 9.17) is 4.74 Å². The van der Waals surface area contributed by atoms with E-state index < -0.39 is 23.9 Å². The monoisotopic (exact) mass is 217 g/mol. The molecule has 1 fully saturated rings. The van der Waals surface area contributed by atoms with Crippen molar-refractivity contribution < 1.29 is 19.7 Å². The lowest BCUT2D eigenvalue weighted by Gasteiger charge is -2.25. The van der Waals surface area contributed by atoms with E-state index in [0.29, 0.717) is 19.5 Å². The highest BCUT2D eigenvalue weighted by Crippen LogP contribution is 2.15. The van der Waals surface area contributed by atoms with Crippen LogP contribution in [0.1, 0.15) is 27.2 Å². The van der Waals surface area contributed by atoms with Gasteiger partial charge in [-0.3, -0.25) is 4.90 Å². The van der Waals surface area contributed by atoms with Gasteiger partial charge in [-0.1, -0.05) is 0 Å². The molecule has 15 heavy (non-hydrogen) atoms. The van der Waals surface area contributed by atoms with Crippen molar-refractivity contribution in [3.05, 3.63) is 0 Å². The molecule has 88 valence electrons. The zero-order valence-electron chi connectivity index (χ0n) is 9.43. The summed E-state index contributed by atoms with van der Waals surface area (Å²) in [4.78, 5) is 13.0. The maximum atomic E-state index is 11.5. The van der Waals surface area contributed by atoms with Crippen LogP contribution in [0, 0.1) is 0 Å². The number of aliphatic hydroxyl groups is 2. The molecule has 2 N–H and O–H groups in total. The largest absolute Gasteiger partial charge is 0.457 e. The summed E-state index contributed by atoms with van der Waals surface area (Å²) in [7, 11) is 0. The van der Waals surface area contributed by atoms with Crippen molar-refractivity contribution in [1.82, 2.24) is 4.90 Å². The molecule has 0 bridgehead atoms. The third kappa shape index (κ3) is 3.77. The molecular formula is C10H19NO4. The molecule has 0 aromatic heterocycles. The van der Waals surface area contributed by atoms with Crippen LogP contribution < -0.4 is 0 Å². The van der Waals surface area contributed by atoms with Crippen LogP contribution in [0.2, 0.25) is 0 Å². The smallest absolute Gasteiger partial charge is 0.351 e. The number of ether oxygens (including phenoxy) is 1. The summed E-state index contributed by atoms with van der Waals surface area (Å²) in [6.45, 7) is 6.07. The summed E-state index contributed by atoms with van der Waals surface area (Å²) in [5.74, 6) is -0.656. The molecule has 0 saturated carbocycles. The Balaban J connectivity index is 2.46. The van der Waals surface area contributed by atoms with Gasteiger partial charge < -0.3 is 14.9 Å². The minimum Gasteiger partial charge on any atom is -0.457 e. The van der Waals surface area contributed by atoms with E-state index in [0.717, 1.165) is 0 Å². The second-order valence-electron chi connectivity index (χ2n) is 4.84. The van der Waals surface area contributed by atoms with E-state index in [2.05, 4.69) is 0 Å². The summed E-state index contributed by atoms with van der Waals surface area (Å²) in [5.41, 5.74) is -0.601. The van der Waals surface area contributed by atoms with Crippen molar-refractivity contribution in [2.24, 2.45) is 0 Å². The van der Waals surface area contributed by atoms with E-state index in [1.54, 1.807) is 20.8 Å². The second kappa shape index (κ2) is 4.47. The van der Waals surface area contributed by atoms with E-state index in [1.165, 1.54) is 4.90 Å². The Bertz CT molecular complexity index is 236. The van der Waals surface area contributed by atoms with Crippen LogP contribution in [-0.2, 0) is 9.53 Å². The van der Waals surface area contributed by atoms with Crippen LogP contribution in [0.25, 0.3) is 0 Å². The van der Waals surface area contributed by atoms with Crippen LogP contribution in [0.15, 0.2) is 0 Å². The molecule has 1 unspecified atom stereocenters. The Morgan fingerprint density at radius 2 is 2.13 bits per heavy atom. The first-order valence-corrected chi connectivity index (χ1v) is 5.12. The van der Waals surface area contributed by atoms with Gasteiger partial charge in [0.15, 0.2) is 0 Å². The number of β-amino-alcohol motifs (C(OH)–C–C–N with tert-alkyl or cyclic N) is 1. The molecule has 0 aromatic carbocycles. The van der Waals surface area contributed by atoms with Crippen LogP contribution in [0.4, 0.5) is 0 Å². The van der Waals surface area contributed by atoms with E-state index in [9.17, 15) is 15.0 Å². The average molecular weight is 217 g/mol. The fourth-order valence-corrected chi connectivity index (χ4v) is 1.49. The molecule has 0 aliphatic carbocycles. The topological polar surface area (TPSA) is 70.0 Å². The Morgan fingerprint density at radius 3 is 2.53 bits per heavy atom. The molecule has 2 atom stereocenters. The molecule has 0 aromatic rings. The standard InChI is InChI=1S/C10H19NO4/c1-10(2,3)15-9(14)8(13)11-5-4-7(12)6-11/h7-8,12-13H,4-6H2,1-3H3/t7?,8-/m0/s1. The lowest BCUT2D eigenvalue weighted by Crippen LogP contribution is -2.43. The number of rotatable bonds is 2. The van der Waals surface area contributed by atoms with Crippen molar-refractivity contribution in [3.63, 3.8) is 0 Å². The van der Waals surface area contributed by atoms with Gasteiger partial charge in [-0.15, -0.1) is 0 Å². The summed E-state index contributed by atoms with van der Waals surface area (Å²) in [6, 6.07) is 0. The van der Waals surface area contributed by atoms with Gasteiger partial charge in [0, 0.05) is 13.1 Å². The third-order valence-electron chi connectivity index (χ3n) is 2.16. The van der Waals surface area contributed by atoms with E-state index in [-0.39, 0.29) is 0 Å². The minimum absolute atomic E-state index is 0.320. The highest BCUT2D eigenvalue weighted by atomic mass is 16.6. The maximum Gasteiger partial charge on any atom is 0.351 e. The quantitative estimate of drug-likeness (QED) is 0.622. The van der Waals surface area contributed by atoms with Gasteiger partial charge in [0.05, 0.1) is 6.10 Å². The van der Waals surface area contributed by atoms with Gasteiger partial charge in [-0.2, -0.15) is 0 Å². The van der Waals surface area contributed by atoms with Crippen LogP contribution in [0.3, 0.4) is 0 Å². The molecule has 1 aliphatic heterocycles. The fourth-order valence-electron chi connectivity index (χ4n) is 1.49. The average Bonchev–Trinajstić information content (AvgIpc) is 2.47. The second-order valence-corrected chi connectivity index (χ2v) is 4.84. The first-order valence-electron chi connectivity index (χ1n) is 5.12. The van der Waals surface area contributed by atoms with Crippen molar-refractivity contribution in [3.8, 4) is 0 Å². The van der Waals surface area contributed by atoms with E-state index in [1.807, 2.05) is 0 Å². The summed E-state index contributed by atoms with van der Waals surface area (Å²) in [5, 5.41) is 18.9.